The van der Waals surface area contributed by atoms with Crippen LogP contribution in [0.3, 0.4) is 0 Å². The molecule has 0 saturated carbocycles. The number of fused-ring (bicyclic) bond motifs is 1. The fraction of sp³-hybridized carbons (Fsp3) is 0.414. The molecular formula is C29H35BrN2O4. The Morgan fingerprint density at radius 1 is 0.861 bits per heavy atom. The number of quaternary nitrogens is 1. The van der Waals surface area contributed by atoms with Gasteiger partial charge in [-0.3, -0.25) is 14.5 Å². The van der Waals surface area contributed by atoms with Crippen molar-refractivity contribution in [2.75, 3.05) is 33.7 Å². The average Bonchev–Trinajstić information content (AvgIpc) is 3.07. The minimum Gasteiger partial charge on any atom is -1.00 e. The molecule has 1 aliphatic heterocycles. The van der Waals surface area contributed by atoms with Crippen LogP contribution in [-0.4, -0.2) is 67.0 Å². The van der Waals surface area contributed by atoms with E-state index in [1.807, 2.05) is 88.6 Å². The predicted molar refractivity (Wildman–Crippen MR) is 134 cm³/mol. The van der Waals surface area contributed by atoms with Gasteiger partial charge in [-0.1, -0.05) is 72.8 Å². The molecule has 4 atom stereocenters. The number of imide groups is 1. The number of hydrogen-bond donors (Lipinski definition) is 0. The molecule has 6 nitrogen and oxygen atoms in total. The Hall–Kier alpha value is -2.77. The summed E-state index contributed by atoms with van der Waals surface area (Å²) in [4.78, 5) is 41.2. The third-order valence-electron chi connectivity index (χ3n) is 7.01. The number of ether oxygens (including phenoxy) is 1. The van der Waals surface area contributed by atoms with Gasteiger partial charge >= 0.3 is 5.97 Å². The Balaban J connectivity index is 0.00000361. The zero-order valence-corrected chi connectivity index (χ0v) is 22.9. The molecule has 192 valence electrons. The van der Waals surface area contributed by atoms with Crippen LogP contribution in [0.5, 0.6) is 0 Å². The number of rotatable bonds is 8. The zero-order chi connectivity index (χ0) is 25.2. The molecule has 1 fully saturated rings. The summed E-state index contributed by atoms with van der Waals surface area (Å²) in [7, 11) is 3.83. The first kappa shape index (κ1) is 27.8. The van der Waals surface area contributed by atoms with Gasteiger partial charge in [0.1, 0.15) is 0 Å². The van der Waals surface area contributed by atoms with Crippen molar-refractivity contribution in [3.63, 3.8) is 0 Å². The van der Waals surface area contributed by atoms with Crippen molar-refractivity contribution >= 4 is 17.8 Å². The minimum absolute atomic E-state index is 0. The Kier molecular flexibility index (Phi) is 8.90. The molecule has 2 aliphatic rings. The van der Waals surface area contributed by atoms with Gasteiger partial charge in [0.05, 0.1) is 45.1 Å². The highest BCUT2D eigenvalue weighted by Gasteiger charge is 2.55. The van der Waals surface area contributed by atoms with Crippen molar-refractivity contribution in [2.45, 2.75) is 31.8 Å². The van der Waals surface area contributed by atoms with Crippen LogP contribution in [0.2, 0.25) is 0 Å². The maximum absolute atomic E-state index is 13.8. The van der Waals surface area contributed by atoms with E-state index in [4.69, 9.17) is 4.74 Å². The molecule has 1 aliphatic carbocycles. The Morgan fingerprint density at radius 2 is 1.31 bits per heavy atom. The largest absolute Gasteiger partial charge is 1.00 e. The van der Waals surface area contributed by atoms with Gasteiger partial charge in [-0.25, -0.2) is 4.79 Å². The molecular weight excluding hydrogens is 520 g/mol. The van der Waals surface area contributed by atoms with E-state index in [9.17, 15) is 14.4 Å². The van der Waals surface area contributed by atoms with Crippen molar-refractivity contribution in [1.82, 2.24) is 4.90 Å². The number of carbonyl (C=O) groups is 3. The number of allylic oxidation sites excluding steroid dienone is 2. The second-order valence-corrected chi connectivity index (χ2v) is 10.5. The summed E-state index contributed by atoms with van der Waals surface area (Å²) < 4.78 is 5.63. The molecule has 0 radical (unpaired) electrons. The van der Waals surface area contributed by atoms with Gasteiger partial charge in [0.2, 0.25) is 11.8 Å². The van der Waals surface area contributed by atoms with Crippen LogP contribution in [-0.2, 0) is 19.1 Å². The highest BCUT2D eigenvalue weighted by molar-refractivity contribution is 6.06. The third-order valence-corrected chi connectivity index (χ3v) is 7.01. The molecule has 4 unspecified atom stereocenters. The van der Waals surface area contributed by atoms with E-state index in [0.717, 1.165) is 11.1 Å². The quantitative estimate of drug-likeness (QED) is 0.209. The maximum atomic E-state index is 13.8. The van der Waals surface area contributed by atoms with Crippen LogP contribution in [0.25, 0.3) is 0 Å². The van der Waals surface area contributed by atoms with Gasteiger partial charge in [0.15, 0.2) is 6.54 Å². The number of likely N-dealkylation sites (N-methyl/N-ethyl adjacent to an activating group) is 1. The first-order chi connectivity index (χ1) is 16.7. The lowest BCUT2D eigenvalue weighted by Gasteiger charge is -2.32. The second kappa shape index (κ2) is 11.5. The smallest absolute Gasteiger partial charge is 0.362 e. The normalized spacial score (nSPS) is 23.4. The predicted octanol–water partition coefficient (Wildman–Crippen LogP) is 0.757. The van der Waals surface area contributed by atoms with Crippen molar-refractivity contribution in [2.24, 2.45) is 11.8 Å². The van der Waals surface area contributed by atoms with Crippen LogP contribution in [0, 0.1) is 11.8 Å². The monoisotopic (exact) mass is 554 g/mol. The minimum atomic E-state index is -0.443. The average molecular weight is 556 g/mol. The summed E-state index contributed by atoms with van der Waals surface area (Å²) in [6.45, 7) is 4.57. The number of amides is 2. The molecule has 0 bridgehead atoms. The molecule has 2 aromatic carbocycles. The molecule has 2 amide bonds. The number of esters is 1. The van der Waals surface area contributed by atoms with Gasteiger partial charge in [-0.05, 0) is 25.0 Å². The number of likely N-dealkylation sites (tertiary alicyclic amines) is 1. The highest BCUT2D eigenvalue weighted by atomic mass is 79.9. The van der Waals surface area contributed by atoms with Crippen LogP contribution in [0.1, 0.15) is 36.8 Å². The molecule has 0 spiro atoms. The van der Waals surface area contributed by atoms with Crippen molar-refractivity contribution < 1.29 is 40.6 Å². The van der Waals surface area contributed by atoms with E-state index in [-0.39, 0.29) is 65.8 Å². The fourth-order valence-electron chi connectivity index (χ4n) is 5.32. The third kappa shape index (κ3) is 5.95. The molecule has 0 N–H and O–H groups in total. The second-order valence-electron chi connectivity index (χ2n) is 10.5. The lowest BCUT2D eigenvalue weighted by Crippen LogP contribution is -3.00. The van der Waals surface area contributed by atoms with Crippen LogP contribution >= 0.6 is 0 Å². The first-order valence-electron chi connectivity index (χ1n) is 12.3. The highest BCUT2D eigenvalue weighted by Crippen LogP contribution is 2.49. The standard InChI is InChI=1S/C29H35N2O4.BrH/c1-20(2)35-25(32)19-31(3,4)18-17-30-28(33)26-23(21-11-7-5-8-12-21)15-16-24(27(26)29(30)34)22-13-9-6-10-14-22;/h5-16,20,23-24,26-27H,17-19H2,1-4H3;1H/q+1;/p-1. The van der Waals surface area contributed by atoms with Gasteiger partial charge in [0.25, 0.3) is 0 Å². The summed E-state index contributed by atoms with van der Waals surface area (Å²) in [6.07, 6.45) is 4.03. The van der Waals surface area contributed by atoms with E-state index in [1.54, 1.807) is 0 Å². The topological polar surface area (TPSA) is 63.7 Å². The lowest BCUT2D eigenvalue weighted by atomic mass is 9.68. The number of benzene rings is 2. The van der Waals surface area contributed by atoms with Gasteiger partial charge in [0, 0.05) is 11.8 Å². The summed E-state index contributed by atoms with van der Waals surface area (Å²) in [6, 6.07) is 19.9. The van der Waals surface area contributed by atoms with Crippen molar-refractivity contribution in [3.05, 3.63) is 83.9 Å². The summed E-state index contributed by atoms with van der Waals surface area (Å²) >= 11 is 0. The van der Waals surface area contributed by atoms with Gasteiger partial charge < -0.3 is 26.2 Å². The molecule has 1 saturated heterocycles. The van der Waals surface area contributed by atoms with E-state index in [0.29, 0.717) is 11.0 Å². The van der Waals surface area contributed by atoms with Gasteiger partial charge in [-0.2, -0.15) is 0 Å². The van der Waals surface area contributed by atoms with Crippen molar-refractivity contribution in [1.29, 1.82) is 0 Å². The number of halogens is 1. The first-order valence-corrected chi connectivity index (χ1v) is 12.3. The van der Waals surface area contributed by atoms with E-state index in [1.165, 1.54) is 4.90 Å². The molecule has 2 aromatic rings. The lowest BCUT2D eigenvalue weighted by molar-refractivity contribution is -0.882. The van der Waals surface area contributed by atoms with E-state index >= 15 is 0 Å². The summed E-state index contributed by atoms with van der Waals surface area (Å²) in [5, 5.41) is 0. The fourth-order valence-corrected chi connectivity index (χ4v) is 5.32. The number of nitrogens with zero attached hydrogens (tertiary/aromatic N) is 2. The number of hydrogen-bond acceptors (Lipinski definition) is 4. The maximum Gasteiger partial charge on any atom is 0.362 e. The summed E-state index contributed by atoms with van der Waals surface area (Å²) in [5.74, 6) is -1.71. The molecule has 36 heavy (non-hydrogen) atoms. The number of carbonyl (C=O) groups excluding carboxylic acids is 3. The summed E-state index contributed by atoms with van der Waals surface area (Å²) in [5.41, 5.74) is 2.08. The molecule has 4 rings (SSSR count). The Bertz CT molecular complexity index is 1030. The van der Waals surface area contributed by atoms with Crippen LogP contribution in [0.15, 0.2) is 72.8 Å². The van der Waals surface area contributed by atoms with Crippen molar-refractivity contribution in [3.8, 4) is 0 Å². The zero-order valence-electron chi connectivity index (χ0n) is 21.3. The van der Waals surface area contributed by atoms with Crippen LogP contribution < -0.4 is 17.0 Å². The van der Waals surface area contributed by atoms with Gasteiger partial charge in [-0.15, -0.1) is 0 Å². The van der Waals surface area contributed by atoms with E-state index < -0.39 is 11.8 Å². The molecule has 1 heterocycles. The van der Waals surface area contributed by atoms with Crippen LogP contribution in [0.4, 0.5) is 0 Å². The van der Waals surface area contributed by atoms with E-state index in [2.05, 4.69) is 12.2 Å². The molecule has 7 heteroatoms. The Labute approximate surface area is 224 Å². The Morgan fingerprint density at radius 3 is 1.72 bits per heavy atom. The SMILES string of the molecule is CC(C)OC(=O)C[N+](C)(C)CCN1C(=O)C2C(c3ccccc3)C=CC(c3ccccc3)C2C1=O.[Br-]. The molecule has 0 aromatic heterocycles.